The molecule has 0 aliphatic carbocycles. The molecule has 0 fully saturated rings. The van der Waals surface area contributed by atoms with Crippen molar-refractivity contribution in [3.63, 3.8) is 0 Å². The molecule has 19 heavy (non-hydrogen) atoms. The van der Waals surface area contributed by atoms with Gasteiger partial charge in [0.05, 0.1) is 30.2 Å². The number of nitrogens with zero attached hydrogens (tertiary/aromatic N) is 1. The molecular formula is C14H22N2O3. The Kier molecular flexibility index (Phi) is 6.15. The largest absolute Gasteiger partial charge is 0.462 e. The number of para-hydroxylation sites is 1. The minimum Gasteiger partial charge on any atom is -0.462 e. The van der Waals surface area contributed by atoms with Crippen LogP contribution >= 0.6 is 0 Å². The molecule has 5 heteroatoms. The lowest BCUT2D eigenvalue weighted by Gasteiger charge is -2.26. The van der Waals surface area contributed by atoms with Gasteiger partial charge in [-0.25, -0.2) is 4.79 Å². The van der Waals surface area contributed by atoms with E-state index in [-0.39, 0.29) is 5.97 Å². The van der Waals surface area contributed by atoms with E-state index in [1.165, 1.54) is 0 Å². The fourth-order valence-electron chi connectivity index (χ4n) is 1.92. The molecule has 0 unspecified atom stereocenters. The first kappa shape index (κ1) is 15.3. The van der Waals surface area contributed by atoms with Crippen LogP contribution in [0, 0.1) is 0 Å². The van der Waals surface area contributed by atoms with Gasteiger partial charge < -0.3 is 20.1 Å². The number of esters is 1. The summed E-state index contributed by atoms with van der Waals surface area (Å²) < 4.78 is 10.2. The van der Waals surface area contributed by atoms with Crippen molar-refractivity contribution >= 4 is 17.3 Å². The Morgan fingerprint density at radius 2 is 2.11 bits per heavy atom. The topological polar surface area (TPSA) is 64.8 Å². The Labute approximate surface area is 114 Å². The minimum atomic E-state index is -0.347. The highest BCUT2D eigenvalue weighted by atomic mass is 16.5. The lowest BCUT2D eigenvalue weighted by atomic mass is 10.1. The Morgan fingerprint density at radius 1 is 1.37 bits per heavy atom. The summed E-state index contributed by atoms with van der Waals surface area (Å²) in [7, 11) is 1.65. The molecule has 0 saturated carbocycles. The van der Waals surface area contributed by atoms with Crippen LogP contribution < -0.4 is 10.6 Å². The SMILES string of the molecule is CCOC(=O)c1cccc(N)c1N(CC)CCOC. The number of hydrogen-bond donors (Lipinski definition) is 1. The fraction of sp³-hybridized carbons (Fsp3) is 0.500. The molecule has 0 atom stereocenters. The molecule has 1 aromatic rings. The van der Waals surface area contributed by atoms with Gasteiger partial charge in [0.2, 0.25) is 0 Å². The number of ether oxygens (including phenoxy) is 2. The first-order chi connectivity index (χ1) is 9.15. The molecule has 0 aliphatic heterocycles. The average Bonchev–Trinajstić information content (AvgIpc) is 2.41. The number of carbonyl (C=O) groups is 1. The molecule has 0 heterocycles. The van der Waals surface area contributed by atoms with Crippen molar-refractivity contribution in [3.05, 3.63) is 23.8 Å². The molecule has 0 spiro atoms. The van der Waals surface area contributed by atoms with Crippen LogP contribution in [0.4, 0.5) is 11.4 Å². The van der Waals surface area contributed by atoms with Crippen LogP contribution in [0.5, 0.6) is 0 Å². The molecule has 0 radical (unpaired) electrons. The zero-order chi connectivity index (χ0) is 14.3. The van der Waals surface area contributed by atoms with Gasteiger partial charge in [-0.2, -0.15) is 0 Å². The van der Waals surface area contributed by atoms with Crippen LogP contribution in [0.3, 0.4) is 0 Å². The summed E-state index contributed by atoms with van der Waals surface area (Å²) in [6.07, 6.45) is 0. The van der Waals surface area contributed by atoms with E-state index in [0.29, 0.717) is 31.0 Å². The van der Waals surface area contributed by atoms with Crippen molar-refractivity contribution in [2.45, 2.75) is 13.8 Å². The Morgan fingerprint density at radius 3 is 2.68 bits per heavy atom. The monoisotopic (exact) mass is 266 g/mol. The third-order valence-electron chi connectivity index (χ3n) is 2.83. The maximum absolute atomic E-state index is 12.0. The maximum atomic E-state index is 12.0. The second kappa shape index (κ2) is 7.63. The van der Waals surface area contributed by atoms with Crippen LogP contribution in [0.1, 0.15) is 24.2 Å². The highest BCUT2D eigenvalue weighted by molar-refractivity contribution is 5.99. The second-order valence-corrected chi connectivity index (χ2v) is 4.04. The number of anilines is 2. The molecule has 1 aromatic carbocycles. The van der Waals surface area contributed by atoms with Crippen molar-refractivity contribution in [2.24, 2.45) is 0 Å². The summed E-state index contributed by atoms with van der Waals surface area (Å²) in [6.45, 7) is 6.13. The average molecular weight is 266 g/mol. The summed E-state index contributed by atoms with van der Waals surface area (Å²) in [5.41, 5.74) is 7.81. The Balaban J connectivity index is 3.11. The van der Waals surface area contributed by atoms with E-state index in [1.54, 1.807) is 32.2 Å². The Hall–Kier alpha value is -1.75. The maximum Gasteiger partial charge on any atom is 0.340 e. The molecule has 106 valence electrons. The van der Waals surface area contributed by atoms with Crippen LogP contribution in [0.2, 0.25) is 0 Å². The van der Waals surface area contributed by atoms with Crippen LogP contribution in [0.25, 0.3) is 0 Å². The van der Waals surface area contributed by atoms with Gasteiger partial charge in [0, 0.05) is 20.2 Å². The summed E-state index contributed by atoms with van der Waals surface area (Å²) in [4.78, 5) is 14.0. The third kappa shape index (κ3) is 3.86. The van der Waals surface area contributed by atoms with Crippen molar-refractivity contribution in [2.75, 3.05) is 44.0 Å². The van der Waals surface area contributed by atoms with Gasteiger partial charge in [0.15, 0.2) is 0 Å². The first-order valence-corrected chi connectivity index (χ1v) is 6.45. The normalized spacial score (nSPS) is 10.3. The van der Waals surface area contributed by atoms with Crippen molar-refractivity contribution in [3.8, 4) is 0 Å². The number of rotatable bonds is 7. The number of methoxy groups -OCH3 is 1. The van der Waals surface area contributed by atoms with Gasteiger partial charge in [0.25, 0.3) is 0 Å². The predicted octanol–water partition coefficient (Wildman–Crippen LogP) is 1.92. The lowest BCUT2D eigenvalue weighted by Crippen LogP contribution is -2.29. The van der Waals surface area contributed by atoms with E-state index in [2.05, 4.69) is 0 Å². The molecular weight excluding hydrogens is 244 g/mol. The number of likely N-dealkylation sites (N-methyl/N-ethyl adjacent to an activating group) is 1. The van der Waals surface area contributed by atoms with E-state index in [0.717, 1.165) is 12.2 Å². The molecule has 1 rings (SSSR count). The number of carbonyl (C=O) groups excluding carboxylic acids is 1. The third-order valence-corrected chi connectivity index (χ3v) is 2.83. The van der Waals surface area contributed by atoms with Gasteiger partial charge in [-0.05, 0) is 26.0 Å². The van der Waals surface area contributed by atoms with E-state index >= 15 is 0 Å². The standard InChI is InChI=1S/C14H22N2O3/c1-4-16(9-10-18-3)13-11(14(17)19-5-2)7-6-8-12(13)15/h6-8H,4-5,9-10,15H2,1-3H3. The van der Waals surface area contributed by atoms with Crippen molar-refractivity contribution in [1.29, 1.82) is 0 Å². The molecule has 0 saturated heterocycles. The second-order valence-electron chi connectivity index (χ2n) is 4.04. The van der Waals surface area contributed by atoms with E-state index < -0.39 is 0 Å². The zero-order valence-corrected chi connectivity index (χ0v) is 11.8. The van der Waals surface area contributed by atoms with Gasteiger partial charge in [-0.3, -0.25) is 0 Å². The number of nitrogens with two attached hydrogens (primary N) is 1. The number of hydrogen-bond acceptors (Lipinski definition) is 5. The highest BCUT2D eigenvalue weighted by Gasteiger charge is 2.19. The van der Waals surface area contributed by atoms with Crippen LogP contribution in [-0.2, 0) is 9.47 Å². The summed E-state index contributed by atoms with van der Waals surface area (Å²) in [6, 6.07) is 5.28. The van der Waals surface area contributed by atoms with E-state index in [1.807, 2.05) is 11.8 Å². The lowest BCUT2D eigenvalue weighted by molar-refractivity contribution is 0.0527. The van der Waals surface area contributed by atoms with Gasteiger partial charge >= 0.3 is 5.97 Å². The van der Waals surface area contributed by atoms with Crippen LogP contribution in [-0.4, -0.2) is 39.4 Å². The minimum absolute atomic E-state index is 0.345. The van der Waals surface area contributed by atoms with Gasteiger partial charge in [-0.15, -0.1) is 0 Å². The molecule has 0 bridgehead atoms. The molecule has 0 amide bonds. The van der Waals surface area contributed by atoms with Crippen molar-refractivity contribution < 1.29 is 14.3 Å². The van der Waals surface area contributed by atoms with E-state index in [9.17, 15) is 4.79 Å². The molecule has 0 aliphatic rings. The van der Waals surface area contributed by atoms with Crippen molar-refractivity contribution in [1.82, 2.24) is 0 Å². The quantitative estimate of drug-likeness (QED) is 0.603. The summed E-state index contributed by atoms with van der Waals surface area (Å²) in [5.74, 6) is -0.347. The van der Waals surface area contributed by atoms with Gasteiger partial charge in [-0.1, -0.05) is 6.07 Å². The smallest absolute Gasteiger partial charge is 0.340 e. The molecule has 5 nitrogen and oxygen atoms in total. The summed E-state index contributed by atoms with van der Waals surface area (Å²) in [5, 5.41) is 0. The fourth-order valence-corrected chi connectivity index (χ4v) is 1.92. The number of benzene rings is 1. The predicted molar refractivity (Wildman–Crippen MR) is 76.6 cm³/mol. The van der Waals surface area contributed by atoms with Crippen LogP contribution in [0.15, 0.2) is 18.2 Å². The zero-order valence-electron chi connectivity index (χ0n) is 11.8. The molecule has 0 aromatic heterocycles. The van der Waals surface area contributed by atoms with Gasteiger partial charge in [0.1, 0.15) is 0 Å². The van der Waals surface area contributed by atoms with E-state index in [4.69, 9.17) is 15.2 Å². The summed E-state index contributed by atoms with van der Waals surface area (Å²) >= 11 is 0. The molecule has 2 N–H and O–H groups in total. The Bertz CT molecular complexity index is 421. The highest BCUT2D eigenvalue weighted by Crippen LogP contribution is 2.28. The number of nitrogen functional groups attached to an aromatic ring is 1. The first-order valence-electron chi connectivity index (χ1n) is 6.45.